The SMILES string of the molecule is N[C@@H]1COc2c(I)cc(I)cc21. The van der Waals surface area contributed by atoms with Gasteiger partial charge in [0.25, 0.3) is 0 Å². The maximum atomic E-state index is 5.85. The molecular weight excluding hydrogens is 380 g/mol. The standard InChI is InChI=1S/C8H7I2NO/c9-4-1-5-7(11)3-12-8(5)6(10)2-4/h1-2,7H,3,11H2/t7-/m1/s1. The van der Waals surface area contributed by atoms with Crippen molar-refractivity contribution < 1.29 is 4.74 Å². The van der Waals surface area contributed by atoms with E-state index < -0.39 is 0 Å². The molecular formula is C8H7I2NO. The van der Waals surface area contributed by atoms with Crippen LogP contribution in [0.3, 0.4) is 0 Å². The maximum absolute atomic E-state index is 5.85. The fourth-order valence-electron chi connectivity index (χ4n) is 1.27. The minimum atomic E-state index is 0.0585. The fourth-order valence-corrected chi connectivity index (χ4v) is 3.32. The lowest BCUT2D eigenvalue weighted by Gasteiger charge is -2.03. The molecule has 0 aromatic heterocycles. The van der Waals surface area contributed by atoms with E-state index in [1.807, 2.05) is 0 Å². The minimum absolute atomic E-state index is 0.0585. The number of hydrogen-bond donors (Lipinski definition) is 1. The number of halogens is 2. The van der Waals surface area contributed by atoms with Crippen LogP contribution >= 0.6 is 45.2 Å². The van der Waals surface area contributed by atoms with Crippen LogP contribution in [0, 0.1) is 7.14 Å². The van der Waals surface area contributed by atoms with Gasteiger partial charge >= 0.3 is 0 Å². The second-order valence-electron chi connectivity index (χ2n) is 2.72. The van der Waals surface area contributed by atoms with Gasteiger partial charge in [0.2, 0.25) is 0 Å². The highest BCUT2D eigenvalue weighted by atomic mass is 127. The molecule has 0 radical (unpaired) electrons. The van der Waals surface area contributed by atoms with Crippen LogP contribution < -0.4 is 10.5 Å². The summed E-state index contributed by atoms with van der Waals surface area (Å²) in [6.07, 6.45) is 0. The van der Waals surface area contributed by atoms with Crippen LogP contribution in [-0.4, -0.2) is 6.61 Å². The lowest BCUT2D eigenvalue weighted by atomic mass is 10.1. The molecule has 12 heavy (non-hydrogen) atoms. The topological polar surface area (TPSA) is 35.2 Å². The van der Waals surface area contributed by atoms with Crippen LogP contribution in [0.1, 0.15) is 11.6 Å². The van der Waals surface area contributed by atoms with E-state index in [0.29, 0.717) is 6.61 Å². The van der Waals surface area contributed by atoms with Gasteiger partial charge in [-0.2, -0.15) is 0 Å². The molecule has 0 bridgehead atoms. The van der Waals surface area contributed by atoms with Gasteiger partial charge in [0.1, 0.15) is 12.4 Å². The van der Waals surface area contributed by atoms with Crippen molar-refractivity contribution in [2.45, 2.75) is 6.04 Å². The third-order valence-electron chi connectivity index (χ3n) is 1.84. The average molecular weight is 387 g/mol. The largest absolute Gasteiger partial charge is 0.490 e. The van der Waals surface area contributed by atoms with Crippen molar-refractivity contribution in [1.82, 2.24) is 0 Å². The zero-order valence-electron chi connectivity index (χ0n) is 6.18. The van der Waals surface area contributed by atoms with Gasteiger partial charge in [-0.1, -0.05) is 0 Å². The summed E-state index contributed by atoms with van der Waals surface area (Å²) < 4.78 is 7.83. The normalized spacial score (nSPS) is 20.4. The second kappa shape index (κ2) is 3.30. The van der Waals surface area contributed by atoms with Gasteiger partial charge in [-0.25, -0.2) is 0 Å². The van der Waals surface area contributed by atoms with Gasteiger partial charge in [0.05, 0.1) is 9.61 Å². The van der Waals surface area contributed by atoms with Crippen molar-refractivity contribution in [2.24, 2.45) is 5.73 Å². The molecule has 1 atom stereocenters. The van der Waals surface area contributed by atoms with Crippen LogP contribution in [-0.2, 0) is 0 Å². The summed E-state index contributed by atoms with van der Waals surface area (Å²) in [5.41, 5.74) is 7.00. The van der Waals surface area contributed by atoms with Crippen LogP contribution in [0.25, 0.3) is 0 Å². The molecule has 2 nitrogen and oxygen atoms in total. The summed E-state index contributed by atoms with van der Waals surface area (Å²) in [6, 6.07) is 4.25. The van der Waals surface area contributed by atoms with Gasteiger partial charge in [-0.3, -0.25) is 0 Å². The predicted molar refractivity (Wildman–Crippen MR) is 64.3 cm³/mol. The molecule has 0 saturated heterocycles. The molecule has 64 valence electrons. The highest BCUT2D eigenvalue weighted by molar-refractivity contribution is 14.1. The van der Waals surface area contributed by atoms with Gasteiger partial charge in [0.15, 0.2) is 0 Å². The quantitative estimate of drug-likeness (QED) is 0.694. The van der Waals surface area contributed by atoms with Gasteiger partial charge < -0.3 is 10.5 Å². The van der Waals surface area contributed by atoms with E-state index in [1.165, 1.54) is 3.57 Å². The van der Waals surface area contributed by atoms with Crippen molar-refractivity contribution >= 4 is 45.2 Å². The fraction of sp³-hybridized carbons (Fsp3) is 0.250. The highest BCUT2D eigenvalue weighted by Gasteiger charge is 2.23. The number of hydrogen-bond acceptors (Lipinski definition) is 2. The molecule has 2 N–H and O–H groups in total. The summed E-state index contributed by atoms with van der Waals surface area (Å²) in [6.45, 7) is 0.616. The van der Waals surface area contributed by atoms with Crippen molar-refractivity contribution in [3.63, 3.8) is 0 Å². The van der Waals surface area contributed by atoms with Crippen LogP contribution in [0.15, 0.2) is 12.1 Å². The molecule has 1 aliphatic rings. The van der Waals surface area contributed by atoms with Crippen molar-refractivity contribution in [1.29, 1.82) is 0 Å². The van der Waals surface area contributed by atoms with E-state index >= 15 is 0 Å². The Balaban J connectivity index is 2.60. The van der Waals surface area contributed by atoms with E-state index in [0.717, 1.165) is 14.9 Å². The summed E-state index contributed by atoms with van der Waals surface area (Å²) in [7, 11) is 0. The molecule has 0 aliphatic carbocycles. The smallest absolute Gasteiger partial charge is 0.137 e. The van der Waals surface area contributed by atoms with Gasteiger partial charge in [-0.15, -0.1) is 0 Å². The Kier molecular flexibility index (Phi) is 2.48. The first kappa shape index (κ1) is 9.01. The molecule has 4 heteroatoms. The Hall–Kier alpha value is 0.440. The summed E-state index contributed by atoms with van der Waals surface area (Å²) in [5.74, 6) is 0.975. The first-order valence-corrected chi connectivity index (χ1v) is 5.71. The third-order valence-corrected chi connectivity index (χ3v) is 3.27. The Morgan fingerprint density at radius 3 is 2.92 bits per heavy atom. The highest BCUT2D eigenvalue weighted by Crippen LogP contribution is 2.36. The van der Waals surface area contributed by atoms with E-state index in [-0.39, 0.29) is 6.04 Å². The Morgan fingerprint density at radius 2 is 2.17 bits per heavy atom. The van der Waals surface area contributed by atoms with E-state index in [4.69, 9.17) is 10.5 Å². The van der Waals surface area contributed by atoms with Crippen molar-refractivity contribution in [3.8, 4) is 5.75 Å². The number of rotatable bonds is 0. The Labute approximate surface area is 98.1 Å². The van der Waals surface area contributed by atoms with Crippen LogP contribution in [0.4, 0.5) is 0 Å². The van der Waals surface area contributed by atoms with E-state index in [2.05, 4.69) is 57.3 Å². The van der Waals surface area contributed by atoms with Gasteiger partial charge in [-0.05, 0) is 57.3 Å². The van der Waals surface area contributed by atoms with Gasteiger partial charge in [0, 0.05) is 9.13 Å². The number of benzene rings is 1. The molecule has 0 fully saturated rings. The Bertz CT molecular complexity index is 327. The molecule has 0 amide bonds. The zero-order chi connectivity index (χ0) is 8.72. The predicted octanol–water partition coefficient (Wildman–Crippen LogP) is 2.29. The third kappa shape index (κ3) is 1.44. The average Bonchev–Trinajstić information content (AvgIpc) is 2.33. The van der Waals surface area contributed by atoms with E-state index in [9.17, 15) is 0 Å². The summed E-state index contributed by atoms with van der Waals surface area (Å²) in [5, 5.41) is 0. The summed E-state index contributed by atoms with van der Waals surface area (Å²) in [4.78, 5) is 0. The first-order chi connectivity index (χ1) is 5.68. The molecule has 1 aliphatic heterocycles. The maximum Gasteiger partial charge on any atom is 0.137 e. The van der Waals surface area contributed by atoms with Crippen LogP contribution in [0.5, 0.6) is 5.75 Å². The Morgan fingerprint density at radius 1 is 1.42 bits per heavy atom. The number of ether oxygens (including phenoxy) is 1. The summed E-state index contributed by atoms with van der Waals surface area (Å²) >= 11 is 4.57. The van der Waals surface area contributed by atoms with E-state index in [1.54, 1.807) is 0 Å². The lowest BCUT2D eigenvalue weighted by molar-refractivity contribution is 0.331. The second-order valence-corrected chi connectivity index (χ2v) is 5.13. The molecule has 1 aromatic carbocycles. The molecule has 1 heterocycles. The monoisotopic (exact) mass is 387 g/mol. The van der Waals surface area contributed by atoms with Crippen molar-refractivity contribution in [3.05, 3.63) is 24.8 Å². The number of fused-ring (bicyclic) bond motifs is 1. The molecule has 0 saturated carbocycles. The molecule has 0 unspecified atom stereocenters. The number of nitrogens with two attached hydrogens (primary N) is 1. The molecule has 0 spiro atoms. The first-order valence-electron chi connectivity index (χ1n) is 3.56. The minimum Gasteiger partial charge on any atom is -0.490 e. The van der Waals surface area contributed by atoms with Crippen molar-refractivity contribution in [2.75, 3.05) is 6.61 Å². The zero-order valence-corrected chi connectivity index (χ0v) is 10.5. The lowest BCUT2D eigenvalue weighted by Crippen LogP contribution is -2.10. The molecule has 1 aromatic rings. The van der Waals surface area contributed by atoms with Crippen LogP contribution in [0.2, 0.25) is 0 Å². The molecule has 2 rings (SSSR count).